The molecule has 0 fully saturated rings. The van der Waals surface area contributed by atoms with Crippen molar-refractivity contribution >= 4 is 17.9 Å². The SMILES string of the molecule is CC/C=C/C=C/C=C/CCCCCCCC(=O)OCC(COC(=O)CCCCCCC/C=C/CCCCCCCCCCC)OC(=O)CCCCCCCCCCCCCCCCCC. The molecule has 0 aliphatic heterocycles. The maximum Gasteiger partial charge on any atom is 0.306 e. The summed E-state index contributed by atoms with van der Waals surface area (Å²) in [5, 5.41) is 0. The second kappa shape index (κ2) is 54.0. The summed E-state index contributed by atoms with van der Waals surface area (Å²) in [5.74, 6) is -0.896. The van der Waals surface area contributed by atoms with Crippen LogP contribution in [0.2, 0.25) is 0 Å². The van der Waals surface area contributed by atoms with Gasteiger partial charge in [-0.05, 0) is 64.2 Å². The Hall–Kier alpha value is -2.63. The van der Waals surface area contributed by atoms with E-state index in [1.54, 1.807) is 0 Å². The Morgan fingerprint density at radius 1 is 0.323 bits per heavy atom. The first-order chi connectivity index (χ1) is 32.0. The molecule has 0 aromatic rings. The van der Waals surface area contributed by atoms with E-state index < -0.39 is 6.10 Å². The Kier molecular flexibility index (Phi) is 51.8. The van der Waals surface area contributed by atoms with Crippen LogP contribution in [-0.2, 0) is 28.6 Å². The average molecular weight is 911 g/mol. The highest BCUT2D eigenvalue weighted by atomic mass is 16.6. The smallest absolute Gasteiger partial charge is 0.306 e. The first-order valence-corrected chi connectivity index (χ1v) is 28.2. The quantitative estimate of drug-likeness (QED) is 0.0199. The highest BCUT2D eigenvalue weighted by Crippen LogP contribution is 2.16. The van der Waals surface area contributed by atoms with Gasteiger partial charge in [-0.2, -0.15) is 0 Å². The molecule has 65 heavy (non-hydrogen) atoms. The van der Waals surface area contributed by atoms with E-state index in [9.17, 15) is 14.4 Å². The van der Waals surface area contributed by atoms with Crippen LogP contribution in [0.1, 0.15) is 290 Å². The Balaban J connectivity index is 4.36. The largest absolute Gasteiger partial charge is 0.462 e. The molecular weight excluding hydrogens is 805 g/mol. The molecule has 0 saturated heterocycles. The molecule has 0 amide bonds. The summed E-state index contributed by atoms with van der Waals surface area (Å²) in [6.45, 7) is 6.52. The van der Waals surface area contributed by atoms with Crippen LogP contribution in [0.5, 0.6) is 0 Å². The first kappa shape index (κ1) is 62.4. The molecule has 1 atom stereocenters. The van der Waals surface area contributed by atoms with Gasteiger partial charge >= 0.3 is 17.9 Å². The van der Waals surface area contributed by atoms with Gasteiger partial charge in [-0.1, -0.05) is 256 Å². The van der Waals surface area contributed by atoms with Gasteiger partial charge < -0.3 is 14.2 Å². The molecule has 0 bridgehead atoms. The fraction of sp³-hybridized carbons (Fsp3) is 0.814. The monoisotopic (exact) mass is 911 g/mol. The standard InChI is InChI=1S/C59H106O6/c1-4-7-10-13-16-19-22-25-27-29-30-32-34-37-40-43-46-49-52-58(61)64-55-56(54-63-57(60)51-48-45-42-39-36-33-24-21-18-15-12-9-6-3)65-59(62)53-50-47-44-41-38-35-31-28-26-23-20-17-14-11-8-5-2/h9,12,15,18,21,24,30,32,56H,4-8,10-11,13-14,16-17,19-20,22-23,25-29,31,33-55H2,1-3H3/b12-9+,18-15+,24-21+,32-30+. The summed E-state index contributed by atoms with van der Waals surface area (Å²) in [6, 6.07) is 0. The molecule has 0 aliphatic rings. The fourth-order valence-electron chi connectivity index (χ4n) is 8.14. The summed E-state index contributed by atoms with van der Waals surface area (Å²) in [7, 11) is 0. The first-order valence-electron chi connectivity index (χ1n) is 28.2. The average Bonchev–Trinajstić information content (AvgIpc) is 3.30. The molecule has 1 unspecified atom stereocenters. The summed E-state index contributed by atoms with van der Waals surface area (Å²) in [6.07, 6.45) is 65.3. The number of hydrogen-bond acceptors (Lipinski definition) is 6. The second-order valence-corrected chi connectivity index (χ2v) is 18.9. The molecule has 0 saturated carbocycles. The highest BCUT2D eigenvalue weighted by Gasteiger charge is 2.19. The number of allylic oxidation sites excluding steroid dienone is 8. The van der Waals surface area contributed by atoms with E-state index in [0.29, 0.717) is 19.3 Å². The fourth-order valence-corrected chi connectivity index (χ4v) is 8.14. The van der Waals surface area contributed by atoms with Crippen LogP contribution >= 0.6 is 0 Å². The van der Waals surface area contributed by atoms with Gasteiger partial charge in [-0.25, -0.2) is 0 Å². The van der Waals surface area contributed by atoms with Crippen LogP contribution in [0.25, 0.3) is 0 Å². The lowest BCUT2D eigenvalue weighted by Crippen LogP contribution is -2.30. The third-order valence-electron chi connectivity index (χ3n) is 12.4. The number of esters is 3. The summed E-state index contributed by atoms with van der Waals surface area (Å²) in [5.41, 5.74) is 0. The maximum atomic E-state index is 12.8. The van der Waals surface area contributed by atoms with Crippen molar-refractivity contribution in [2.75, 3.05) is 13.2 Å². The van der Waals surface area contributed by atoms with Gasteiger partial charge in [0.25, 0.3) is 0 Å². The maximum absolute atomic E-state index is 12.8. The van der Waals surface area contributed by atoms with Crippen LogP contribution in [0.15, 0.2) is 48.6 Å². The van der Waals surface area contributed by atoms with Gasteiger partial charge in [0.05, 0.1) is 0 Å². The Bertz CT molecular complexity index is 1140. The van der Waals surface area contributed by atoms with Crippen molar-refractivity contribution in [3.8, 4) is 0 Å². The second-order valence-electron chi connectivity index (χ2n) is 18.9. The Morgan fingerprint density at radius 2 is 0.615 bits per heavy atom. The van der Waals surface area contributed by atoms with Gasteiger partial charge in [0, 0.05) is 19.3 Å². The Labute approximate surface area is 403 Å². The zero-order chi connectivity index (χ0) is 47.2. The van der Waals surface area contributed by atoms with Crippen LogP contribution in [0.4, 0.5) is 0 Å². The van der Waals surface area contributed by atoms with E-state index in [-0.39, 0.29) is 31.1 Å². The van der Waals surface area contributed by atoms with Crippen LogP contribution in [0.3, 0.4) is 0 Å². The van der Waals surface area contributed by atoms with E-state index in [0.717, 1.165) is 89.9 Å². The topological polar surface area (TPSA) is 78.9 Å². The Morgan fingerprint density at radius 3 is 0.969 bits per heavy atom. The zero-order valence-corrected chi connectivity index (χ0v) is 43.3. The number of ether oxygens (including phenoxy) is 3. The van der Waals surface area contributed by atoms with Gasteiger partial charge in [-0.15, -0.1) is 0 Å². The van der Waals surface area contributed by atoms with E-state index in [1.807, 2.05) is 0 Å². The third-order valence-corrected chi connectivity index (χ3v) is 12.4. The van der Waals surface area contributed by atoms with Crippen LogP contribution < -0.4 is 0 Å². The number of carbonyl (C=O) groups is 3. The van der Waals surface area contributed by atoms with Gasteiger partial charge in [0.2, 0.25) is 0 Å². The number of hydrogen-bond donors (Lipinski definition) is 0. The lowest BCUT2D eigenvalue weighted by molar-refractivity contribution is -0.167. The van der Waals surface area contributed by atoms with E-state index in [4.69, 9.17) is 14.2 Å². The summed E-state index contributed by atoms with van der Waals surface area (Å²) < 4.78 is 16.8. The van der Waals surface area contributed by atoms with Crippen LogP contribution in [0, 0.1) is 0 Å². The number of carbonyl (C=O) groups excluding carboxylic acids is 3. The normalized spacial score (nSPS) is 12.4. The molecule has 0 heterocycles. The summed E-state index contributed by atoms with van der Waals surface area (Å²) >= 11 is 0. The molecule has 0 aliphatic carbocycles. The predicted molar refractivity (Wildman–Crippen MR) is 279 cm³/mol. The van der Waals surface area contributed by atoms with Gasteiger partial charge in [-0.3, -0.25) is 14.4 Å². The molecule has 0 spiro atoms. The van der Waals surface area contributed by atoms with Crippen molar-refractivity contribution in [3.63, 3.8) is 0 Å². The molecule has 0 aromatic heterocycles. The molecule has 0 N–H and O–H groups in total. The molecule has 6 heteroatoms. The molecule has 378 valence electrons. The minimum Gasteiger partial charge on any atom is -0.462 e. The van der Waals surface area contributed by atoms with Crippen molar-refractivity contribution in [2.24, 2.45) is 0 Å². The van der Waals surface area contributed by atoms with Crippen molar-refractivity contribution < 1.29 is 28.6 Å². The van der Waals surface area contributed by atoms with Crippen molar-refractivity contribution in [1.82, 2.24) is 0 Å². The van der Waals surface area contributed by atoms with E-state index in [1.165, 1.54) is 161 Å². The lowest BCUT2D eigenvalue weighted by atomic mass is 10.0. The zero-order valence-electron chi connectivity index (χ0n) is 43.3. The predicted octanol–water partition coefficient (Wildman–Crippen LogP) is 18.7. The lowest BCUT2D eigenvalue weighted by Gasteiger charge is -2.18. The molecular formula is C59H106O6. The van der Waals surface area contributed by atoms with E-state index in [2.05, 4.69) is 69.4 Å². The number of unbranched alkanes of at least 4 members (excludes halogenated alkanes) is 34. The third kappa shape index (κ3) is 52.2. The molecule has 0 rings (SSSR count). The minimum atomic E-state index is -0.782. The van der Waals surface area contributed by atoms with Crippen molar-refractivity contribution in [3.05, 3.63) is 48.6 Å². The minimum absolute atomic E-state index is 0.0815. The van der Waals surface area contributed by atoms with Crippen LogP contribution in [-0.4, -0.2) is 37.2 Å². The number of rotatable bonds is 51. The molecule has 0 aromatic carbocycles. The molecule has 6 nitrogen and oxygen atoms in total. The van der Waals surface area contributed by atoms with Gasteiger partial charge in [0.15, 0.2) is 6.10 Å². The van der Waals surface area contributed by atoms with Crippen molar-refractivity contribution in [1.29, 1.82) is 0 Å². The van der Waals surface area contributed by atoms with Crippen molar-refractivity contribution in [2.45, 2.75) is 297 Å². The summed E-state index contributed by atoms with van der Waals surface area (Å²) in [4.78, 5) is 38.1. The molecule has 0 radical (unpaired) electrons. The van der Waals surface area contributed by atoms with E-state index >= 15 is 0 Å². The van der Waals surface area contributed by atoms with Gasteiger partial charge in [0.1, 0.15) is 13.2 Å². The highest BCUT2D eigenvalue weighted by molar-refractivity contribution is 5.71.